The Kier molecular flexibility index (Phi) is 5.76. The average Bonchev–Trinajstić information content (AvgIpc) is 2.63. The quantitative estimate of drug-likeness (QED) is 0.845. The zero-order chi connectivity index (χ0) is 18.8. The van der Waals surface area contributed by atoms with Crippen LogP contribution in [0.15, 0.2) is 36.4 Å². The van der Waals surface area contributed by atoms with Gasteiger partial charge in [-0.2, -0.15) is 0 Å². The van der Waals surface area contributed by atoms with Gasteiger partial charge in [0.15, 0.2) is 0 Å². The first kappa shape index (κ1) is 19.0. The number of benzene rings is 2. The van der Waals surface area contributed by atoms with E-state index in [0.717, 1.165) is 37.2 Å². The molecule has 0 aromatic heterocycles. The van der Waals surface area contributed by atoms with Crippen LogP contribution < -0.4 is 10.6 Å². The van der Waals surface area contributed by atoms with Crippen LogP contribution in [0.2, 0.25) is 10.0 Å². The van der Waals surface area contributed by atoms with Crippen LogP contribution >= 0.6 is 23.2 Å². The molecule has 0 bridgehead atoms. The van der Waals surface area contributed by atoms with Crippen LogP contribution in [0.25, 0.3) is 11.1 Å². The number of anilines is 1. The third kappa shape index (κ3) is 3.83. The van der Waals surface area contributed by atoms with Crippen molar-refractivity contribution in [3.8, 4) is 11.1 Å². The minimum Gasteiger partial charge on any atom is -0.371 e. The van der Waals surface area contributed by atoms with E-state index in [1.807, 2.05) is 12.1 Å². The van der Waals surface area contributed by atoms with Crippen molar-refractivity contribution in [2.24, 2.45) is 5.73 Å². The molecule has 1 heterocycles. The number of hydrogen-bond acceptors (Lipinski definition) is 3. The number of likely N-dealkylation sites (tertiary alicyclic amines) is 1. The average molecular weight is 392 g/mol. The normalized spacial score (nSPS) is 15.8. The molecule has 0 unspecified atom stereocenters. The molecule has 2 aromatic rings. The molecule has 0 saturated carbocycles. The number of carbonyl (C=O) groups excluding carboxylic acids is 1. The fourth-order valence-electron chi connectivity index (χ4n) is 3.52. The van der Waals surface area contributed by atoms with Crippen molar-refractivity contribution >= 4 is 34.8 Å². The Morgan fingerprint density at radius 2 is 1.88 bits per heavy atom. The highest BCUT2D eigenvalue weighted by molar-refractivity contribution is 6.44. The highest BCUT2D eigenvalue weighted by atomic mass is 35.5. The van der Waals surface area contributed by atoms with Crippen molar-refractivity contribution in [3.63, 3.8) is 0 Å². The molecule has 6 heteroatoms. The summed E-state index contributed by atoms with van der Waals surface area (Å²) in [6, 6.07) is 12.1. The number of primary amides is 1. The van der Waals surface area contributed by atoms with Gasteiger partial charge in [0.2, 0.25) is 0 Å². The van der Waals surface area contributed by atoms with Crippen LogP contribution in [-0.2, 0) is 0 Å². The molecule has 4 nitrogen and oxygen atoms in total. The molecule has 0 radical (unpaired) electrons. The molecule has 1 aliphatic rings. The first-order chi connectivity index (χ1) is 12.4. The maximum absolute atomic E-state index is 11.9. The molecule has 0 atom stereocenters. The van der Waals surface area contributed by atoms with Gasteiger partial charge in [0, 0.05) is 18.8 Å². The third-order valence-electron chi connectivity index (χ3n) is 5.14. The number of rotatable bonds is 4. The summed E-state index contributed by atoms with van der Waals surface area (Å²) in [6.07, 6.45) is 2.27. The lowest BCUT2D eigenvalue weighted by atomic mass is 9.97. The number of hydrogen-bond donors (Lipinski definition) is 1. The fourth-order valence-corrected chi connectivity index (χ4v) is 3.93. The molecular weight excluding hydrogens is 369 g/mol. The lowest BCUT2D eigenvalue weighted by Crippen LogP contribution is -2.41. The highest BCUT2D eigenvalue weighted by Crippen LogP contribution is 2.35. The first-order valence-corrected chi connectivity index (χ1v) is 9.43. The Bertz CT molecular complexity index is 817. The number of carbonyl (C=O) groups is 1. The number of nitrogens with two attached hydrogens (primary N) is 1. The van der Waals surface area contributed by atoms with Gasteiger partial charge in [-0.1, -0.05) is 41.4 Å². The van der Waals surface area contributed by atoms with Crippen LogP contribution in [0.4, 0.5) is 5.69 Å². The van der Waals surface area contributed by atoms with Gasteiger partial charge in [-0.3, -0.25) is 4.79 Å². The second-order valence-electron chi connectivity index (χ2n) is 6.84. The molecule has 26 heavy (non-hydrogen) atoms. The minimum absolute atomic E-state index is 0.200. The predicted molar refractivity (Wildman–Crippen MR) is 109 cm³/mol. The summed E-state index contributed by atoms with van der Waals surface area (Å²) in [5.41, 5.74) is 8.52. The van der Waals surface area contributed by atoms with Crippen LogP contribution in [-0.4, -0.2) is 44.0 Å². The van der Waals surface area contributed by atoms with E-state index in [2.05, 4.69) is 36.0 Å². The fraction of sp³-hybridized carbons (Fsp3) is 0.350. The molecular formula is C20H23Cl2N3O. The second-order valence-corrected chi connectivity index (χ2v) is 7.63. The highest BCUT2D eigenvalue weighted by Gasteiger charge is 2.22. The monoisotopic (exact) mass is 391 g/mol. The van der Waals surface area contributed by atoms with E-state index in [4.69, 9.17) is 28.9 Å². The predicted octanol–water partition coefficient (Wildman–Crippen LogP) is 4.29. The molecule has 0 aliphatic carbocycles. The molecule has 3 rings (SSSR count). The number of nitrogens with zero attached hydrogens (tertiary/aromatic N) is 2. The van der Waals surface area contributed by atoms with Gasteiger partial charge in [-0.25, -0.2) is 0 Å². The van der Waals surface area contributed by atoms with E-state index < -0.39 is 5.91 Å². The van der Waals surface area contributed by atoms with Gasteiger partial charge < -0.3 is 15.5 Å². The summed E-state index contributed by atoms with van der Waals surface area (Å²) in [4.78, 5) is 16.6. The lowest BCUT2D eigenvalue weighted by Gasteiger charge is -2.36. The largest absolute Gasteiger partial charge is 0.371 e. The van der Waals surface area contributed by atoms with E-state index in [1.165, 1.54) is 0 Å². The topological polar surface area (TPSA) is 49.6 Å². The smallest absolute Gasteiger partial charge is 0.250 e. The van der Waals surface area contributed by atoms with Crippen molar-refractivity contribution in [2.45, 2.75) is 18.9 Å². The van der Waals surface area contributed by atoms with Crippen LogP contribution in [0, 0.1) is 0 Å². The molecule has 1 fully saturated rings. The molecule has 1 saturated heterocycles. The summed E-state index contributed by atoms with van der Waals surface area (Å²) >= 11 is 12.3. The van der Waals surface area contributed by atoms with Crippen molar-refractivity contribution in [1.82, 2.24) is 4.90 Å². The molecule has 0 spiro atoms. The van der Waals surface area contributed by atoms with Gasteiger partial charge in [0.1, 0.15) is 0 Å². The van der Waals surface area contributed by atoms with E-state index in [9.17, 15) is 4.79 Å². The number of halogens is 2. The van der Waals surface area contributed by atoms with E-state index in [1.54, 1.807) is 12.1 Å². The molecule has 138 valence electrons. The van der Waals surface area contributed by atoms with Crippen molar-refractivity contribution in [3.05, 3.63) is 52.0 Å². The Morgan fingerprint density at radius 1 is 1.19 bits per heavy atom. The number of amides is 1. The Balaban J connectivity index is 1.95. The Hall–Kier alpha value is -1.75. The summed E-state index contributed by atoms with van der Waals surface area (Å²) in [5.74, 6) is -0.582. The van der Waals surface area contributed by atoms with Crippen LogP contribution in [0.5, 0.6) is 0 Å². The van der Waals surface area contributed by atoms with Crippen molar-refractivity contribution in [2.75, 3.05) is 32.1 Å². The van der Waals surface area contributed by atoms with Gasteiger partial charge in [-0.05, 0) is 62.3 Å². The zero-order valence-corrected chi connectivity index (χ0v) is 16.5. The molecule has 2 N–H and O–H groups in total. The van der Waals surface area contributed by atoms with Crippen LogP contribution in [0.3, 0.4) is 0 Å². The second kappa shape index (κ2) is 7.87. The molecule has 1 aliphatic heterocycles. The SMILES string of the molecule is CN1CCC(N(C)c2cccc(-c3ccc(Cl)c(Cl)c3C(N)=O)c2)CC1. The van der Waals surface area contributed by atoms with Gasteiger partial charge in [-0.15, -0.1) is 0 Å². The minimum atomic E-state index is -0.582. The van der Waals surface area contributed by atoms with Crippen molar-refractivity contribution < 1.29 is 4.79 Å². The molecule has 2 aromatic carbocycles. The van der Waals surface area contributed by atoms with Gasteiger partial charge >= 0.3 is 0 Å². The zero-order valence-electron chi connectivity index (χ0n) is 15.0. The van der Waals surface area contributed by atoms with Crippen LogP contribution in [0.1, 0.15) is 23.2 Å². The summed E-state index contributed by atoms with van der Waals surface area (Å²) in [7, 11) is 4.28. The Morgan fingerprint density at radius 3 is 2.54 bits per heavy atom. The Labute approximate surface area is 164 Å². The summed E-state index contributed by atoms with van der Waals surface area (Å²) in [6.45, 7) is 2.21. The van der Waals surface area contributed by atoms with Gasteiger partial charge in [0.25, 0.3) is 5.91 Å². The summed E-state index contributed by atoms with van der Waals surface area (Å²) < 4.78 is 0. The third-order valence-corrected chi connectivity index (χ3v) is 5.95. The van der Waals surface area contributed by atoms with Gasteiger partial charge in [0.05, 0.1) is 15.6 Å². The van der Waals surface area contributed by atoms with E-state index in [0.29, 0.717) is 16.6 Å². The summed E-state index contributed by atoms with van der Waals surface area (Å²) in [5, 5.41) is 0.523. The maximum atomic E-state index is 11.9. The lowest BCUT2D eigenvalue weighted by molar-refractivity contribution is 0.100. The first-order valence-electron chi connectivity index (χ1n) is 8.68. The maximum Gasteiger partial charge on any atom is 0.250 e. The van der Waals surface area contributed by atoms with E-state index >= 15 is 0 Å². The van der Waals surface area contributed by atoms with E-state index in [-0.39, 0.29) is 10.6 Å². The van der Waals surface area contributed by atoms with Crippen molar-refractivity contribution in [1.29, 1.82) is 0 Å². The number of piperidine rings is 1. The molecule has 1 amide bonds. The standard InChI is InChI=1S/C20H23Cl2N3O/c1-24-10-8-14(9-11-24)25(2)15-5-3-4-13(12-15)16-6-7-17(21)19(22)18(16)20(23)26/h3-7,12,14H,8-11H2,1-2H3,(H2,23,26).